The average Bonchev–Trinajstić information content (AvgIpc) is 3.76. The van der Waals surface area contributed by atoms with Crippen LogP contribution in [0.2, 0.25) is 0 Å². The molecule has 0 spiro atoms. The van der Waals surface area contributed by atoms with Crippen molar-refractivity contribution in [2.24, 2.45) is 11.8 Å². The fraction of sp³-hybridized carbons (Fsp3) is 0.559. The molecule has 1 heterocycles. The lowest BCUT2D eigenvalue weighted by Crippen LogP contribution is -2.60. The van der Waals surface area contributed by atoms with Gasteiger partial charge in [0.1, 0.15) is 11.6 Å². The number of aliphatic hydroxyl groups excluding tert-OH is 1. The minimum atomic E-state index is -1.03. The summed E-state index contributed by atoms with van der Waals surface area (Å²) in [7, 11) is 0. The molecule has 2 aromatic rings. The summed E-state index contributed by atoms with van der Waals surface area (Å²) in [6.07, 6.45) is 4.35. The Labute approximate surface area is 250 Å². The van der Waals surface area contributed by atoms with E-state index in [9.17, 15) is 19.5 Å². The van der Waals surface area contributed by atoms with Crippen LogP contribution in [0.25, 0.3) is 0 Å². The molecule has 1 saturated heterocycles. The van der Waals surface area contributed by atoms with E-state index in [2.05, 4.69) is 16.0 Å². The van der Waals surface area contributed by atoms with E-state index in [1.807, 2.05) is 74.5 Å². The maximum atomic E-state index is 14.1. The van der Waals surface area contributed by atoms with E-state index in [-0.39, 0.29) is 23.6 Å². The van der Waals surface area contributed by atoms with Gasteiger partial charge in [-0.05, 0) is 68.0 Å². The van der Waals surface area contributed by atoms with E-state index in [4.69, 9.17) is 0 Å². The van der Waals surface area contributed by atoms with Crippen LogP contribution in [-0.4, -0.2) is 71.1 Å². The number of rotatable bonds is 16. The minimum Gasteiger partial charge on any atom is -0.390 e. The third-order valence-corrected chi connectivity index (χ3v) is 9.04. The van der Waals surface area contributed by atoms with Crippen molar-refractivity contribution in [3.05, 3.63) is 71.8 Å². The van der Waals surface area contributed by atoms with Crippen molar-refractivity contribution in [3.8, 4) is 0 Å². The average molecular weight is 577 g/mol. The van der Waals surface area contributed by atoms with Crippen molar-refractivity contribution < 1.29 is 19.5 Å². The van der Waals surface area contributed by atoms with E-state index >= 15 is 0 Å². The van der Waals surface area contributed by atoms with Crippen LogP contribution in [0, 0.1) is 11.8 Å². The summed E-state index contributed by atoms with van der Waals surface area (Å²) in [5.41, 5.74) is 1.08. The predicted octanol–water partition coefficient (Wildman–Crippen LogP) is 3.23. The summed E-state index contributed by atoms with van der Waals surface area (Å²) >= 11 is 0. The molecule has 2 aromatic carbocycles. The lowest BCUT2D eigenvalue weighted by Gasteiger charge is -2.36. The van der Waals surface area contributed by atoms with E-state index < -0.39 is 23.7 Å². The predicted molar refractivity (Wildman–Crippen MR) is 165 cm³/mol. The normalized spacial score (nSPS) is 21.4. The van der Waals surface area contributed by atoms with Gasteiger partial charge in [0.15, 0.2) is 0 Å². The Kier molecular flexibility index (Phi) is 11.2. The summed E-state index contributed by atoms with van der Waals surface area (Å²) in [5.74, 6) is -0.129. The molecule has 0 bridgehead atoms. The highest BCUT2D eigenvalue weighted by Crippen LogP contribution is 2.34. The highest BCUT2D eigenvalue weighted by atomic mass is 16.3. The number of hydrogen-bond acceptors (Lipinski definition) is 5. The SMILES string of the molecule is CCC(C)[C@@]1(NC(C)=O)CCN(C(CCc2ccccc2)C(=O)N[C@@H](Cc2ccccc2)[C@H](O)CNCC2CC2)C1=O. The van der Waals surface area contributed by atoms with Gasteiger partial charge in [0.25, 0.3) is 0 Å². The van der Waals surface area contributed by atoms with Crippen LogP contribution in [0.1, 0.15) is 64.0 Å². The summed E-state index contributed by atoms with van der Waals surface area (Å²) in [6, 6.07) is 18.5. The number of aryl methyl sites for hydroxylation is 1. The molecule has 3 amide bonds. The number of amides is 3. The minimum absolute atomic E-state index is 0.0815. The van der Waals surface area contributed by atoms with Gasteiger partial charge in [-0.2, -0.15) is 0 Å². The zero-order chi connectivity index (χ0) is 30.1. The van der Waals surface area contributed by atoms with Crippen molar-refractivity contribution in [2.75, 3.05) is 19.6 Å². The highest BCUT2D eigenvalue weighted by Gasteiger charge is 2.53. The van der Waals surface area contributed by atoms with Gasteiger partial charge in [0, 0.05) is 20.0 Å². The first-order valence-corrected chi connectivity index (χ1v) is 15.6. The van der Waals surface area contributed by atoms with Gasteiger partial charge in [0.2, 0.25) is 17.7 Å². The lowest BCUT2D eigenvalue weighted by molar-refractivity contribution is -0.144. The molecule has 42 heavy (non-hydrogen) atoms. The smallest absolute Gasteiger partial charge is 0.249 e. The third-order valence-electron chi connectivity index (χ3n) is 9.04. The van der Waals surface area contributed by atoms with Crippen LogP contribution in [0.15, 0.2) is 60.7 Å². The Bertz CT molecular complexity index is 1170. The Balaban J connectivity index is 1.56. The molecule has 8 nitrogen and oxygen atoms in total. The van der Waals surface area contributed by atoms with Gasteiger partial charge < -0.3 is 26.0 Å². The maximum absolute atomic E-state index is 14.1. The first-order chi connectivity index (χ1) is 20.2. The molecule has 4 rings (SSSR count). The largest absolute Gasteiger partial charge is 0.390 e. The fourth-order valence-corrected chi connectivity index (χ4v) is 6.12. The number of benzene rings is 2. The molecular formula is C34H48N4O4. The standard InChI is InChI=1S/C34H48N4O4/c1-4-24(2)34(37-25(3)39)19-20-38(33(34)42)30(18-17-26-11-7-5-8-12-26)32(41)36-29(21-27-13-9-6-10-14-27)31(40)23-35-22-28-15-16-28/h5-14,24,28-31,35,40H,4,15-23H2,1-3H3,(H,36,41)(H,37,39)/t24?,29-,30?,31+,34-/m0/s1. The fourth-order valence-electron chi connectivity index (χ4n) is 6.12. The van der Waals surface area contributed by atoms with Gasteiger partial charge in [-0.25, -0.2) is 0 Å². The van der Waals surface area contributed by atoms with Crippen molar-refractivity contribution in [1.82, 2.24) is 20.9 Å². The molecule has 2 aliphatic rings. The topological polar surface area (TPSA) is 111 Å². The molecule has 0 aromatic heterocycles. The zero-order valence-electron chi connectivity index (χ0n) is 25.4. The molecule has 5 atom stereocenters. The summed E-state index contributed by atoms with van der Waals surface area (Å²) in [6.45, 7) is 7.06. The number of nitrogens with one attached hydrogen (secondary N) is 3. The maximum Gasteiger partial charge on any atom is 0.249 e. The Hall–Kier alpha value is -3.23. The molecule has 2 fully saturated rings. The molecule has 228 valence electrons. The second-order valence-corrected chi connectivity index (χ2v) is 12.2. The van der Waals surface area contributed by atoms with Crippen LogP contribution >= 0.6 is 0 Å². The van der Waals surface area contributed by atoms with Crippen LogP contribution in [0.4, 0.5) is 0 Å². The molecule has 8 heteroatoms. The monoisotopic (exact) mass is 576 g/mol. The van der Waals surface area contributed by atoms with Crippen LogP contribution < -0.4 is 16.0 Å². The molecule has 2 unspecified atom stereocenters. The molecule has 0 radical (unpaired) electrons. The van der Waals surface area contributed by atoms with E-state index in [1.165, 1.54) is 19.8 Å². The van der Waals surface area contributed by atoms with Gasteiger partial charge in [-0.1, -0.05) is 80.9 Å². The van der Waals surface area contributed by atoms with E-state index in [1.54, 1.807) is 4.90 Å². The first kappa shape index (κ1) is 31.7. The second-order valence-electron chi connectivity index (χ2n) is 12.2. The molecule has 4 N–H and O–H groups in total. The number of nitrogens with zero attached hydrogens (tertiary/aromatic N) is 1. The number of carbonyl (C=O) groups excluding carboxylic acids is 3. The van der Waals surface area contributed by atoms with E-state index in [0.29, 0.717) is 44.7 Å². The molecule has 1 aliphatic carbocycles. The van der Waals surface area contributed by atoms with Crippen molar-refractivity contribution in [3.63, 3.8) is 0 Å². The summed E-state index contributed by atoms with van der Waals surface area (Å²) in [4.78, 5) is 42.1. The Morgan fingerprint density at radius 3 is 2.29 bits per heavy atom. The molecule has 1 aliphatic heterocycles. The molecule has 1 saturated carbocycles. The van der Waals surface area contributed by atoms with Crippen LogP contribution in [0.3, 0.4) is 0 Å². The highest BCUT2D eigenvalue weighted by molar-refractivity contribution is 5.96. The van der Waals surface area contributed by atoms with Gasteiger partial charge in [0.05, 0.1) is 12.1 Å². The van der Waals surface area contributed by atoms with Gasteiger partial charge in [-0.3, -0.25) is 14.4 Å². The summed E-state index contributed by atoms with van der Waals surface area (Å²) < 4.78 is 0. The van der Waals surface area contributed by atoms with Gasteiger partial charge >= 0.3 is 0 Å². The number of aliphatic hydroxyl groups is 1. The molecular weight excluding hydrogens is 528 g/mol. The number of carbonyl (C=O) groups is 3. The summed E-state index contributed by atoms with van der Waals surface area (Å²) in [5, 5.41) is 20.7. The van der Waals surface area contributed by atoms with Gasteiger partial charge in [-0.15, -0.1) is 0 Å². The number of hydrogen-bond donors (Lipinski definition) is 4. The number of likely N-dealkylation sites (tertiary alicyclic amines) is 1. The lowest BCUT2D eigenvalue weighted by atomic mass is 9.81. The third kappa shape index (κ3) is 8.19. The first-order valence-electron chi connectivity index (χ1n) is 15.6. The Morgan fingerprint density at radius 1 is 1.05 bits per heavy atom. The zero-order valence-corrected chi connectivity index (χ0v) is 25.4. The van der Waals surface area contributed by atoms with Crippen LogP contribution in [0.5, 0.6) is 0 Å². The van der Waals surface area contributed by atoms with Crippen LogP contribution in [-0.2, 0) is 27.2 Å². The van der Waals surface area contributed by atoms with E-state index in [0.717, 1.165) is 24.1 Å². The Morgan fingerprint density at radius 2 is 1.69 bits per heavy atom. The van der Waals surface area contributed by atoms with Crippen molar-refractivity contribution in [1.29, 1.82) is 0 Å². The second kappa shape index (κ2) is 14.8. The van der Waals surface area contributed by atoms with Crippen molar-refractivity contribution in [2.45, 2.75) is 89.4 Å². The van der Waals surface area contributed by atoms with Crippen molar-refractivity contribution >= 4 is 17.7 Å². The quantitative estimate of drug-likeness (QED) is 0.245.